The fourth-order valence-corrected chi connectivity index (χ4v) is 2.73. The molecule has 0 aliphatic heterocycles. The molecule has 1 amide bonds. The van der Waals surface area contributed by atoms with Gasteiger partial charge in [0.25, 0.3) is 5.91 Å². The Morgan fingerprint density at radius 1 is 1.25 bits per heavy atom. The van der Waals surface area contributed by atoms with Gasteiger partial charge in [-0.15, -0.1) is 11.3 Å². The minimum absolute atomic E-state index is 0.111. The van der Waals surface area contributed by atoms with Crippen molar-refractivity contribution in [3.63, 3.8) is 0 Å². The van der Waals surface area contributed by atoms with E-state index in [1.807, 2.05) is 0 Å². The van der Waals surface area contributed by atoms with E-state index in [9.17, 15) is 22.8 Å². The van der Waals surface area contributed by atoms with E-state index in [0.29, 0.717) is 10.9 Å². The van der Waals surface area contributed by atoms with Crippen molar-refractivity contribution in [1.29, 1.82) is 0 Å². The number of esters is 1. The first-order valence-corrected chi connectivity index (χ1v) is 7.76. The highest BCUT2D eigenvalue weighted by Gasteiger charge is 2.34. The van der Waals surface area contributed by atoms with Crippen molar-refractivity contribution in [3.8, 4) is 0 Å². The van der Waals surface area contributed by atoms with Crippen LogP contribution in [0.3, 0.4) is 0 Å². The number of aryl methyl sites for hydroxylation is 1. The van der Waals surface area contributed by atoms with Crippen molar-refractivity contribution < 1.29 is 27.5 Å². The molecule has 0 aliphatic carbocycles. The lowest BCUT2D eigenvalue weighted by Crippen LogP contribution is -2.22. The summed E-state index contributed by atoms with van der Waals surface area (Å²) in [4.78, 5) is 24.6. The van der Waals surface area contributed by atoms with Crippen LogP contribution in [0.1, 0.15) is 20.1 Å². The molecule has 1 heterocycles. The monoisotopic (exact) mass is 377 g/mol. The number of carbonyl (C=O) groups excluding carboxylic acids is 2. The molecule has 0 bridgehead atoms. The Kier molecular flexibility index (Phi) is 5.51. The number of halogens is 4. The van der Waals surface area contributed by atoms with Gasteiger partial charge >= 0.3 is 12.1 Å². The molecule has 0 spiro atoms. The van der Waals surface area contributed by atoms with Crippen molar-refractivity contribution >= 4 is 40.5 Å². The summed E-state index contributed by atoms with van der Waals surface area (Å²) in [6, 6.07) is 6.21. The van der Waals surface area contributed by atoms with Gasteiger partial charge in [-0.2, -0.15) is 13.2 Å². The highest BCUT2D eigenvalue weighted by molar-refractivity contribution is 7.13. The van der Waals surface area contributed by atoms with Gasteiger partial charge in [-0.05, 0) is 37.3 Å². The molecule has 2 rings (SSSR count). The van der Waals surface area contributed by atoms with Crippen LogP contribution >= 0.6 is 22.9 Å². The van der Waals surface area contributed by atoms with Crippen LogP contribution in [0.15, 0.2) is 30.3 Å². The van der Waals surface area contributed by atoms with Gasteiger partial charge < -0.3 is 10.1 Å². The second-order valence-corrected chi connectivity index (χ2v) is 6.45. The van der Waals surface area contributed by atoms with E-state index in [-0.39, 0.29) is 5.02 Å². The predicted molar refractivity (Wildman–Crippen MR) is 84.4 cm³/mol. The third-order valence-corrected chi connectivity index (χ3v) is 4.05. The minimum atomic E-state index is -4.68. The van der Waals surface area contributed by atoms with Gasteiger partial charge in [0.1, 0.15) is 4.88 Å². The van der Waals surface area contributed by atoms with E-state index in [4.69, 9.17) is 16.3 Å². The molecular weight excluding hydrogens is 367 g/mol. The summed E-state index contributed by atoms with van der Waals surface area (Å²) in [5.74, 6) is -1.60. The van der Waals surface area contributed by atoms with Gasteiger partial charge in [0.05, 0.1) is 11.3 Å². The van der Waals surface area contributed by atoms with Crippen LogP contribution < -0.4 is 5.32 Å². The van der Waals surface area contributed by atoms with Crippen LogP contribution in [0.5, 0.6) is 0 Å². The SMILES string of the molecule is Cc1ccc(C(=O)OCC(=O)Nc2ccc(Cl)cc2C(F)(F)F)s1. The summed E-state index contributed by atoms with van der Waals surface area (Å²) in [6.45, 7) is 1.10. The summed E-state index contributed by atoms with van der Waals surface area (Å²) >= 11 is 6.74. The summed E-state index contributed by atoms with van der Waals surface area (Å²) in [5, 5.41) is 1.95. The summed E-state index contributed by atoms with van der Waals surface area (Å²) < 4.78 is 43.5. The third kappa shape index (κ3) is 4.72. The van der Waals surface area contributed by atoms with Crippen LogP contribution in [0.25, 0.3) is 0 Å². The number of anilines is 1. The number of hydrogen-bond donors (Lipinski definition) is 1. The normalized spacial score (nSPS) is 11.2. The first-order valence-electron chi connectivity index (χ1n) is 6.57. The maximum absolute atomic E-state index is 12.9. The molecule has 1 aromatic heterocycles. The second-order valence-electron chi connectivity index (χ2n) is 4.72. The molecule has 9 heteroatoms. The van der Waals surface area contributed by atoms with Crippen LogP contribution in [-0.4, -0.2) is 18.5 Å². The maximum atomic E-state index is 12.9. The second kappa shape index (κ2) is 7.23. The van der Waals surface area contributed by atoms with Gasteiger partial charge in [-0.25, -0.2) is 4.79 Å². The van der Waals surface area contributed by atoms with E-state index in [1.54, 1.807) is 19.1 Å². The summed E-state index contributed by atoms with van der Waals surface area (Å²) in [5.41, 5.74) is -1.54. The van der Waals surface area contributed by atoms with Gasteiger partial charge in [0.15, 0.2) is 6.61 Å². The third-order valence-electron chi connectivity index (χ3n) is 2.84. The highest BCUT2D eigenvalue weighted by atomic mass is 35.5. The molecule has 128 valence electrons. The average molecular weight is 378 g/mol. The number of benzene rings is 1. The highest BCUT2D eigenvalue weighted by Crippen LogP contribution is 2.36. The number of nitrogens with one attached hydrogen (secondary N) is 1. The molecule has 0 saturated carbocycles. The Balaban J connectivity index is 2.01. The number of thiophene rings is 1. The largest absolute Gasteiger partial charge is 0.451 e. The van der Waals surface area contributed by atoms with Crippen LogP contribution in [0.2, 0.25) is 5.02 Å². The van der Waals surface area contributed by atoms with Crippen molar-refractivity contribution in [2.45, 2.75) is 13.1 Å². The Labute approximate surface area is 144 Å². The zero-order chi connectivity index (χ0) is 17.9. The molecule has 1 N–H and O–H groups in total. The van der Waals surface area contributed by atoms with Crippen molar-refractivity contribution in [2.75, 3.05) is 11.9 Å². The number of carbonyl (C=O) groups is 2. The molecule has 2 aromatic rings. The quantitative estimate of drug-likeness (QED) is 0.797. The lowest BCUT2D eigenvalue weighted by Gasteiger charge is -2.14. The topological polar surface area (TPSA) is 55.4 Å². The number of ether oxygens (including phenoxy) is 1. The van der Waals surface area contributed by atoms with Gasteiger partial charge in [-0.3, -0.25) is 4.79 Å². The molecule has 0 fully saturated rings. The predicted octanol–water partition coefficient (Wildman–Crippen LogP) is 4.52. The first kappa shape index (κ1) is 18.3. The Bertz CT molecular complexity index is 774. The van der Waals surface area contributed by atoms with Crippen molar-refractivity contribution in [3.05, 3.63) is 50.7 Å². The number of hydrogen-bond acceptors (Lipinski definition) is 4. The summed E-state index contributed by atoms with van der Waals surface area (Å²) in [6.07, 6.45) is -4.68. The average Bonchev–Trinajstić information content (AvgIpc) is 2.92. The maximum Gasteiger partial charge on any atom is 0.418 e. The van der Waals surface area contributed by atoms with Gasteiger partial charge in [0, 0.05) is 9.90 Å². The smallest absolute Gasteiger partial charge is 0.418 e. The zero-order valence-electron chi connectivity index (χ0n) is 12.2. The fraction of sp³-hybridized carbons (Fsp3) is 0.200. The number of alkyl halides is 3. The van der Waals surface area contributed by atoms with Crippen molar-refractivity contribution in [1.82, 2.24) is 0 Å². The fourth-order valence-electron chi connectivity index (χ4n) is 1.79. The van der Waals surface area contributed by atoms with E-state index in [0.717, 1.165) is 10.9 Å². The van der Waals surface area contributed by atoms with E-state index in [1.165, 1.54) is 17.4 Å². The molecule has 4 nitrogen and oxygen atoms in total. The van der Waals surface area contributed by atoms with Crippen LogP contribution in [-0.2, 0) is 15.7 Å². The lowest BCUT2D eigenvalue weighted by atomic mass is 10.1. The molecule has 0 aliphatic rings. The number of amides is 1. The Hall–Kier alpha value is -2.06. The number of rotatable bonds is 4. The van der Waals surface area contributed by atoms with E-state index >= 15 is 0 Å². The molecule has 0 atom stereocenters. The van der Waals surface area contributed by atoms with Crippen molar-refractivity contribution in [2.24, 2.45) is 0 Å². The van der Waals surface area contributed by atoms with Gasteiger partial charge in [-0.1, -0.05) is 11.6 Å². The first-order chi connectivity index (χ1) is 11.2. The molecule has 0 unspecified atom stereocenters. The van der Waals surface area contributed by atoms with Gasteiger partial charge in [0.2, 0.25) is 0 Å². The van der Waals surface area contributed by atoms with E-state index < -0.39 is 35.9 Å². The van der Waals surface area contributed by atoms with E-state index in [2.05, 4.69) is 5.32 Å². The lowest BCUT2D eigenvalue weighted by molar-refractivity contribution is -0.137. The Morgan fingerprint density at radius 2 is 1.96 bits per heavy atom. The Morgan fingerprint density at radius 3 is 2.54 bits per heavy atom. The molecule has 0 radical (unpaired) electrons. The standard InChI is InChI=1S/C15H11ClF3NO3S/c1-8-2-5-12(24-8)14(22)23-7-13(21)20-11-4-3-9(16)6-10(11)15(17,18)19/h2-6H,7H2,1H3,(H,20,21). The summed E-state index contributed by atoms with van der Waals surface area (Å²) in [7, 11) is 0. The zero-order valence-corrected chi connectivity index (χ0v) is 13.8. The minimum Gasteiger partial charge on any atom is -0.451 e. The molecular formula is C15H11ClF3NO3S. The van der Waals surface area contributed by atoms with Crippen LogP contribution in [0, 0.1) is 6.92 Å². The molecule has 0 saturated heterocycles. The van der Waals surface area contributed by atoms with Crippen LogP contribution in [0.4, 0.5) is 18.9 Å². The molecule has 24 heavy (non-hydrogen) atoms. The molecule has 1 aromatic carbocycles.